The summed E-state index contributed by atoms with van der Waals surface area (Å²) in [6.45, 7) is 22.5. The number of carbonyl (C=O) groups is 1. The molecule has 0 spiro atoms. The van der Waals surface area contributed by atoms with Crippen molar-refractivity contribution in [1.29, 1.82) is 0 Å². The maximum absolute atomic E-state index is 11.4. The van der Waals surface area contributed by atoms with Crippen LogP contribution in [-0.2, 0) is 4.79 Å². The summed E-state index contributed by atoms with van der Waals surface area (Å²) in [6.07, 6.45) is 3.37. The molecule has 0 rings (SSSR count). The molecule has 0 aliphatic rings. The number of rotatable bonds is 10. The lowest BCUT2D eigenvalue weighted by Crippen LogP contribution is -2.46. The summed E-state index contributed by atoms with van der Waals surface area (Å²) in [5.41, 5.74) is 5.35. The molecule has 1 amide bonds. The lowest BCUT2D eigenvalue weighted by Gasteiger charge is -2.38. The maximum atomic E-state index is 11.4. The zero-order valence-electron chi connectivity index (χ0n) is 17.4. The molecule has 0 saturated heterocycles. The topological polar surface area (TPSA) is 67.5 Å². The highest BCUT2D eigenvalue weighted by molar-refractivity contribution is 8.77. The number of carbonyl (C=O) groups excluding carboxylic acids is 1. The van der Waals surface area contributed by atoms with Crippen LogP contribution in [0.25, 0.3) is 0 Å². The molecule has 25 heavy (non-hydrogen) atoms. The molecule has 0 heterocycles. The van der Waals surface area contributed by atoms with E-state index in [9.17, 15) is 4.79 Å². The molecule has 0 unspecified atom stereocenters. The van der Waals surface area contributed by atoms with Gasteiger partial charge in [0, 0.05) is 22.0 Å². The zero-order valence-corrected chi connectivity index (χ0v) is 19.1. The summed E-state index contributed by atoms with van der Waals surface area (Å²) in [5, 5.41) is 3.04. The maximum Gasteiger partial charge on any atom is 0.217 e. The fraction of sp³-hybridized carbons (Fsp3) is 0.789. The number of hydrogen-bond donors (Lipinski definition) is 2. The molecule has 0 radical (unpaired) electrons. The van der Waals surface area contributed by atoms with Crippen molar-refractivity contribution in [2.75, 3.05) is 0 Å². The molecule has 0 saturated carbocycles. The highest BCUT2D eigenvalue weighted by Crippen LogP contribution is 2.49. The summed E-state index contributed by atoms with van der Waals surface area (Å²) in [5.74, 6) is 0.494. The Morgan fingerprint density at radius 3 is 1.88 bits per heavy atom. The number of amides is 1. The van der Waals surface area contributed by atoms with Gasteiger partial charge in [-0.1, -0.05) is 28.2 Å². The summed E-state index contributed by atoms with van der Waals surface area (Å²) in [6, 6.07) is 0. The smallest absolute Gasteiger partial charge is 0.217 e. The summed E-state index contributed by atoms with van der Waals surface area (Å²) in [7, 11) is 3.75. The van der Waals surface area contributed by atoms with Crippen LogP contribution in [0.5, 0.6) is 0 Å². The lowest BCUT2D eigenvalue weighted by atomic mass is 9.92. The van der Waals surface area contributed by atoms with Crippen LogP contribution in [0.3, 0.4) is 0 Å². The summed E-state index contributed by atoms with van der Waals surface area (Å²) >= 11 is 0. The minimum Gasteiger partial charge on any atom is -0.384 e. The molecule has 146 valence electrons. The van der Waals surface area contributed by atoms with Gasteiger partial charge in [-0.3, -0.25) is 9.79 Å². The second-order valence-corrected chi connectivity index (χ2v) is 12.7. The third-order valence-corrected chi connectivity index (χ3v) is 7.61. The number of hydrogen-bond acceptors (Lipinski definition) is 4. The second-order valence-electron chi connectivity index (χ2n) is 9.16. The Labute approximate surface area is 162 Å². The van der Waals surface area contributed by atoms with Gasteiger partial charge in [-0.05, 0) is 74.3 Å². The van der Waals surface area contributed by atoms with Gasteiger partial charge in [0.2, 0.25) is 5.91 Å². The van der Waals surface area contributed by atoms with Gasteiger partial charge >= 0.3 is 0 Å². The average Bonchev–Trinajstić information content (AvgIpc) is 2.31. The van der Waals surface area contributed by atoms with Crippen LogP contribution in [0.1, 0.15) is 75.2 Å². The van der Waals surface area contributed by atoms with Gasteiger partial charge in [0.1, 0.15) is 5.84 Å². The molecule has 3 N–H and O–H groups in total. The number of nitrogens with zero attached hydrogens (tertiary/aromatic N) is 1. The van der Waals surface area contributed by atoms with Gasteiger partial charge in [0.25, 0.3) is 0 Å². The molecular formula is C19H37N3OS2. The summed E-state index contributed by atoms with van der Waals surface area (Å²) in [4.78, 5) is 15.9. The molecule has 6 heteroatoms. The van der Waals surface area contributed by atoms with Crippen LogP contribution in [-0.4, -0.2) is 32.3 Å². The first kappa shape index (κ1) is 24.4. The molecule has 0 aliphatic heterocycles. The van der Waals surface area contributed by atoms with E-state index in [0.29, 0.717) is 5.84 Å². The minimum atomic E-state index is -0.241. The minimum absolute atomic E-state index is 0.0122. The largest absolute Gasteiger partial charge is 0.384 e. The SMILES string of the molecule is C=CC(N)=NC(C)(C)CC(C)(C)SSC(C)(C)CC(C)(C)NC(C)=O. The number of amidine groups is 1. The highest BCUT2D eigenvalue weighted by Gasteiger charge is 2.35. The first-order valence-corrected chi connectivity index (χ1v) is 10.8. The fourth-order valence-electron chi connectivity index (χ4n) is 3.35. The highest BCUT2D eigenvalue weighted by atomic mass is 33.1. The Hall–Kier alpha value is -0.620. The molecule has 0 aromatic rings. The Morgan fingerprint density at radius 2 is 1.48 bits per heavy atom. The first-order valence-electron chi connectivity index (χ1n) is 8.63. The Kier molecular flexibility index (Phi) is 8.63. The van der Waals surface area contributed by atoms with Gasteiger partial charge in [-0.25, -0.2) is 0 Å². The van der Waals surface area contributed by atoms with Crippen molar-refractivity contribution in [2.24, 2.45) is 10.7 Å². The van der Waals surface area contributed by atoms with E-state index in [1.807, 2.05) is 21.6 Å². The van der Waals surface area contributed by atoms with E-state index in [4.69, 9.17) is 5.73 Å². The Morgan fingerprint density at radius 1 is 1.04 bits per heavy atom. The zero-order chi connectivity index (χ0) is 20.1. The second kappa shape index (κ2) is 8.85. The van der Waals surface area contributed by atoms with E-state index < -0.39 is 0 Å². The van der Waals surface area contributed by atoms with E-state index >= 15 is 0 Å². The number of aliphatic imine (C=N–C) groups is 1. The van der Waals surface area contributed by atoms with Crippen molar-refractivity contribution < 1.29 is 4.79 Å². The monoisotopic (exact) mass is 387 g/mol. The molecule has 0 fully saturated rings. The van der Waals surface area contributed by atoms with Crippen LogP contribution in [0.4, 0.5) is 0 Å². The van der Waals surface area contributed by atoms with Crippen LogP contribution >= 0.6 is 21.6 Å². The van der Waals surface area contributed by atoms with E-state index in [0.717, 1.165) is 12.8 Å². The molecule has 0 bridgehead atoms. The first-order chi connectivity index (χ1) is 11.0. The van der Waals surface area contributed by atoms with Crippen molar-refractivity contribution >= 4 is 33.3 Å². The standard InChI is InChI=1S/C19H37N3OS2/c1-11-15(20)22-17(5,6)13-19(9,10)25-24-18(7,8)12-16(3,4)21-14(2)23/h11H,1,12-13H2,2-10H3,(H2,20,22)(H,21,23). The Bertz CT molecular complexity index is 509. The number of nitrogens with two attached hydrogens (primary N) is 1. The normalized spacial score (nSPS) is 14.4. The van der Waals surface area contributed by atoms with Crippen molar-refractivity contribution in [2.45, 2.75) is 95.7 Å². The molecule has 4 nitrogen and oxygen atoms in total. The number of nitrogens with one attached hydrogen (secondary N) is 1. The third kappa shape index (κ3) is 11.6. The van der Waals surface area contributed by atoms with Gasteiger partial charge < -0.3 is 11.1 Å². The van der Waals surface area contributed by atoms with Crippen molar-refractivity contribution in [3.63, 3.8) is 0 Å². The lowest BCUT2D eigenvalue weighted by molar-refractivity contribution is -0.120. The molecule has 0 atom stereocenters. The van der Waals surface area contributed by atoms with Crippen LogP contribution in [0, 0.1) is 0 Å². The Balaban J connectivity index is 4.85. The van der Waals surface area contributed by atoms with Gasteiger partial charge in [-0.2, -0.15) is 0 Å². The predicted octanol–water partition coefficient (Wildman–Crippen LogP) is 4.94. The molecule has 0 aromatic carbocycles. The van der Waals surface area contributed by atoms with E-state index in [-0.39, 0.29) is 26.5 Å². The average molecular weight is 388 g/mol. The third-order valence-electron chi connectivity index (χ3n) is 3.37. The molecule has 0 aliphatic carbocycles. The van der Waals surface area contributed by atoms with Gasteiger partial charge in [0.05, 0.1) is 5.54 Å². The van der Waals surface area contributed by atoms with Crippen molar-refractivity contribution in [3.8, 4) is 0 Å². The van der Waals surface area contributed by atoms with E-state index in [1.165, 1.54) is 0 Å². The predicted molar refractivity (Wildman–Crippen MR) is 116 cm³/mol. The van der Waals surface area contributed by atoms with Crippen molar-refractivity contribution in [3.05, 3.63) is 12.7 Å². The van der Waals surface area contributed by atoms with Crippen LogP contribution in [0.2, 0.25) is 0 Å². The van der Waals surface area contributed by atoms with E-state index in [2.05, 4.69) is 72.3 Å². The fourth-order valence-corrected chi connectivity index (χ4v) is 6.34. The molecule has 0 aromatic heterocycles. The van der Waals surface area contributed by atoms with Gasteiger partial charge in [0.15, 0.2) is 0 Å². The van der Waals surface area contributed by atoms with Gasteiger partial charge in [-0.15, -0.1) is 0 Å². The van der Waals surface area contributed by atoms with Crippen LogP contribution < -0.4 is 11.1 Å². The summed E-state index contributed by atoms with van der Waals surface area (Å²) < 4.78 is 0.0655. The quantitative estimate of drug-likeness (QED) is 0.316. The van der Waals surface area contributed by atoms with Crippen LogP contribution in [0.15, 0.2) is 17.6 Å². The van der Waals surface area contributed by atoms with E-state index in [1.54, 1.807) is 13.0 Å². The molecular weight excluding hydrogens is 350 g/mol. The van der Waals surface area contributed by atoms with Crippen molar-refractivity contribution in [1.82, 2.24) is 5.32 Å².